The number of carboxylic acid groups (broad SMARTS) is 1. The first-order valence-electron chi connectivity index (χ1n) is 11.8. The van der Waals surface area contributed by atoms with Crippen LogP contribution in [0.15, 0.2) is 102 Å². The van der Waals surface area contributed by atoms with E-state index in [1.54, 1.807) is 12.3 Å². The van der Waals surface area contributed by atoms with Crippen LogP contribution in [0, 0.1) is 6.92 Å². The van der Waals surface area contributed by atoms with Crippen LogP contribution in [0.25, 0.3) is 28.8 Å². The molecule has 0 saturated carbocycles. The van der Waals surface area contributed by atoms with E-state index < -0.39 is 5.97 Å². The molecular formula is C30H25N3O4. The number of aliphatic carboxylic acids is 1. The van der Waals surface area contributed by atoms with Crippen molar-refractivity contribution in [1.29, 1.82) is 0 Å². The fraction of sp³-hybridized carbons (Fsp3) is 0.100. The van der Waals surface area contributed by atoms with Gasteiger partial charge in [-0.15, -0.1) is 0 Å². The molecular weight excluding hydrogens is 466 g/mol. The Morgan fingerprint density at radius 3 is 2.54 bits per heavy atom. The monoisotopic (exact) mass is 491 g/mol. The third-order valence-electron chi connectivity index (χ3n) is 5.83. The first kappa shape index (κ1) is 23.8. The molecule has 7 heteroatoms. The van der Waals surface area contributed by atoms with E-state index in [0.717, 1.165) is 51.2 Å². The van der Waals surface area contributed by atoms with Gasteiger partial charge >= 0.3 is 5.97 Å². The lowest BCUT2D eigenvalue weighted by Gasteiger charge is -2.07. The van der Waals surface area contributed by atoms with Crippen molar-refractivity contribution >= 4 is 12.0 Å². The SMILES string of the molecule is Cc1oc(-c2ccccc2)nc1COc1ccc(Cn2cc(/C=C/C(=O)O)c(-c3ccccn3)c2)cc1. The van der Waals surface area contributed by atoms with Gasteiger partial charge in [-0.25, -0.2) is 9.78 Å². The van der Waals surface area contributed by atoms with E-state index in [1.165, 1.54) is 0 Å². The molecule has 0 amide bonds. The zero-order valence-electron chi connectivity index (χ0n) is 20.2. The van der Waals surface area contributed by atoms with Crippen molar-refractivity contribution in [3.05, 3.63) is 120 Å². The van der Waals surface area contributed by atoms with Crippen molar-refractivity contribution in [2.45, 2.75) is 20.1 Å². The van der Waals surface area contributed by atoms with Gasteiger partial charge in [-0.2, -0.15) is 0 Å². The number of pyridine rings is 1. The fourth-order valence-corrected chi connectivity index (χ4v) is 3.97. The Morgan fingerprint density at radius 2 is 1.81 bits per heavy atom. The predicted octanol–water partition coefficient (Wildman–Crippen LogP) is 6.24. The molecule has 0 radical (unpaired) electrons. The van der Waals surface area contributed by atoms with Gasteiger partial charge in [-0.3, -0.25) is 4.98 Å². The lowest BCUT2D eigenvalue weighted by atomic mass is 10.1. The number of rotatable bonds is 9. The molecule has 0 aliphatic rings. The summed E-state index contributed by atoms with van der Waals surface area (Å²) in [6.07, 6.45) is 8.35. The van der Waals surface area contributed by atoms with Crippen LogP contribution < -0.4 is 4.74 Å². The number of hydrogen-bond acceptors (Lipinski definition) is 5. The molecule has 5 rings (SSSR count). The Morgan fingerprint density at radius 1 is 1.03 bits per heavy atom. The van der Waals surface area contributed by atoms with Gasteiger partial charge in [0.15, 0.2) is 0 Å². The summed E-state index contributed by atoms with van der Waals surface area (Å²) in [4.78, 5) is 20.1. The summed E-state index contributed by atoms with van der Waals surface area (Å²) in [6.45, 7) is 2.81. The quantitative estimate of drug-likeness (QED) is 0.246. The van der Waals surface area contributed by atoms with E-state index in [9.17, 15) is 4.79 Å². The Bertz CT molecular complexity index is 1520. The van der Waals surface area contributed by atoms with E-state index in [4.69, 9.17) is 14.3 Å². The molecule has 0 aliphatic heterocycles. The van der Waals surface area contributed by atoms with Gasteiger partial charge in [0.2, 0.25) is 5.89 Å². The average Bonchev–Trinajstić information content (AvgIpc) is 3.51. The van der Waals surface area contributed by atoms with Gasteiger partial charge in [0.1, 0.15) is 23.8 Å². The topological polar surface area (TPSA) is 90.4 Å². The summed E-state index contributed by atoms with van der Waals surface area (Å²) < 4.78 is 13.8. The molecule has 5 aromatic rings. The minimum Gasteiger partial charge on any atom is -0.487 e. The number of aryl methyl sites for hydroxylation is 1. The van der Waals surface area contributed by atoms with Crippen molar-refractivity contribution in [3.63, 3.8) is 0 Å². The molecule has 3 aromatic heterocycles. The van der Waals surface area contributed by atoms with E-state index in [2.05, 4.69) is 9.97 Å². The van der Waals surface area contributed by atoms with Crippen LogP contribution in [-0.2, 0) is 17.9 Å². The second kappa shape index (κ2) is 10.8. The highest BCUT2D eigenvalue weighted by molar-refractivity contribution is 5.87. The molecule has 0 atom stereocenters. The first-order valence-corrected chi connectivity index (χ1v) is 11.8. The minimum absolute atomic E-state index is 0.311. The second-order valence-corrected chi connectivity index (χ2v) is 8.51. The molecule has 37 heavy (non-hydrogen) atoms. The third-order valence-corrected chi connectivity index (χ3v) is 5.83. The lowest BCUT2D eigenvalue weighted by molar-refractivity contribution is -0.131. The number of carbonyl (C=O) groups is 1. The van der Waals surface area contributed by atoms with Gasteiger partial charge in [0.25, 0.3) is 0 Å². The maximum Gasteiger partial charge on any atom is 0.328 e. The summed E-state index contributed by atoms with van der Waals surface area (Å²) in [5.41, 5.74) is 5.22. The van der Waals surface area contributed by atoms with Crippen molar-refractivity contribution < 1.29 is 19.1 Å². The number of nitrogens with zero attached hydrogens (tertiary/aromatic N) is 3. The van der Waals surface area contributed by atoms with E-state index in [1.807, 2.05) is 96.7 Å². The molecule has 0 spiro atoms. The molecule has 7 nitrogen and oxygen atoms in total. The third kappa shape index (κ3) is 5.85. The van der Waals surface area contributed by atoms with Crippen LogP contribution in [-0.4, -0.2) is 25.6 Å². The minimum atomic E-state index is -0.993. The summed E-state index contributed by atoms with van der Waals surface area (Å²) in [6, 6.07) is 23.3. The number of aromatic nitrogens is 3. The number of carboxylic acids is 1. The van der Waals surface area contributed by atoms with Gasteiger partial charge in [-0.1, -0.05) is 36.4 Å². The van der Waals surface area contributed by atoms with Crippen molar-refractivity contribution in [2.24, 2.45) is 0 Å². The molecule has 0 aliphatic carbocycles. The molecule has 0 unspecified atom stereocenters. The highest BCUT2D eigenvalue weighted by Crippen LogP contribution is 2.26. The molecule has 184 valence electrons. The Labute approximate surface area is 214 Å². The Balaban J connectivity index is 1.27. The van der Waals surface area contributed by atoms with E-state index >= 15 is 0 Å². The number of hydrogen-bond donors (Lipinski definition) is 1. The second-order valence-electron chi connectivity index (χ2n) is 8.51. The average molecular weight is 492 g/mol. The van der Waals surface area contributed by atoms with Crippen LogP contribution in [0.3, 0.4) is 0 Å². The molecule has 0 saturated heterocycles. The maximum absolute atomic E-state index is 11.0. The normalized spacial score (nSPS) is 11.2. The van der Waals surface area contributed by atoms with E-state index in [0.29, 0.717) is 19.0 Å². The van der Waals surface area contributed by atoms with Gasteiger partial charge in [0, 0.05) is 47.9 Å². The first-order chi connectivity index (χ1) is 18.0. The van der Waals surface area contributed by atoms with Gasteiger partial charge in [-0.05, 0) is 55.0 Å². The molecule has 0 fully saturated rings. The molecule has 1 N–H and O–H groups in total. The van der Waals surface area contributed by atoms with Crippen molar-refractivity contribution in [2.75, 3.05) is 0 Å². The number of ether oxygens (including phenoxy) is 1. The summed E-state index contributed by atoms with van der Waals surface area (Å²) in [5.74, 6) is 1.06. The smallest absolute Gasteiger partial charge is 0.328 e. The predicted molar refractivity (Wildman–Crippen MR) is 141 cm³/mol. The number of oxazole rings is 1. The number of benzene rings is 2. The van der Waals surface area contributed by atoms with Crippen molar-refractivity contribution in [1.82, 2.24) is 14.5 Å². The molecule has 0 bridgehead atoms. The zero-order valence-corrected chi connectivity index (χ0v) is 20.2. The standard InChI is InChI=1S/C30H25N3O4/c1-21-28(32-30(37-21)23-7-3-2-4-8-23)20-36-25-13-10-22(11-14-25)17-33-18-24(12-15-29(34)35)26(19-33)27-9-5-6-16-31-27/h2-16,18-19H,17,20H2,1H3,(H,34,35)/b15-12+. The molecule has 2 aromatic carbocycles. The summed E-state index contributed by atoms with van der Waals surface area (Å²) in [7, 11) is 0. The molecule has 3 heterocycles. The zero-order chi connectivity index (χ0) is 25.6. The van der Waals surface area contributed by atoms with Crippen LogP contribution in [0.4, 0.5) is 0 Å². The van der Waals surface area contributed by atoms with Gasteiger partial charge < -0.3 is 18.8 Å². The summed E-state index contributed by atoms with van der Waals surface area (Å²) >= 11 is 0. The highest BCUT2D eigenvalue weighted by atomic mass is 16.5. The Hall–Kier alpha value is -4.91. The van der Waals surface area contributed by atoms with Crippen molar-refractivity contribution in [3.8, 4) is 28.5 Å². The van der Waals surface area contributed by atoms with E-state index in [-0.39, 0.29) is 0 Å². The summed E-state index contributed by atoms with van der Waals surface area (Å²) in [5, 5.41) is 9.06. The largest absolute Gasteiger partial charge is 0.487 e. The maximum atomic E-state index is 11.0. The van der Waals surface area contributed by atoms with Gasteiger partial charge in [0.05, 0.1) is 5.69 Å². The Kier molecular flexibility index (Phi) is 6.94. The lowest BCUT2D eigenvalue weighted by Crippen LogP contribution is -1.99. The van der Waals surface area contributed by atoms with Crippen LogP contribution in [0.2, 0.25) is 0 Å². The van der Waals surface area contributed by atoms with Crippen LogP contribution in [0.5, 0.6) is 5.75 Å². The fourth-order valence-electron chi connectivity index (χ4n) is 3.97. The van der Waals surface area contributed by atoms with Crippen LogP contribution in [0.1, 0.15) is 22.6 Å². The van der Waals surface area contributed by atoms with Crippen LogP contribution >= 0.6 is 0 Å². The highest BCUT2D eigenvalue weighted by Gasteiger charge is 2.12.